The molecule has 0 radical (unpaired) electrons. The maximum atomic E-state index is 11.9. The normalized spacial score (nSPS) is 18.7. The molecule has 1 fully saturated rings. The van der Waals surface area contributed by atoms with Gasteiger partial charge in [-0.25, -0.2) is 4.79 Å². The molecule has 0 aromatic heterocycles. The van der Waals surface area contributed by atoms with Crippen LogP contribution in [0.3, 0.4) is 0 Å². The minimum Gasteiger partial charge on any atom is -0.478 e. The Balaban J connectivity index is 2.42. The second-order valence-corrected chi connectivity index (χ2v) is 4.80. The number of carboxylic acids is 1. The molecule has 2 N–H and O–H groups in total. The summed E-state index contributed by atoms with van der Waals surface area (Å²) in [6.07, 6.45) is 0. The van der Waals surface area contributed by atoms with Crippen LogP contribution in [0.1, 0.15) is 10.4 Å². The summed E-state index contributed by atoms with van der Waals surface area (Å²) in [5.41, 5.74) is 0.548. The van der Waals surface area contributed by atoms with E-state index in [0.29, 0.717) is 23.9 Å². The summed E-state index contributed by atoms with van der Waals surface area (Å²) in [5, 5.41) is 12.2. The summed E-state index contributed by atoms with van der Waals surface area (Å²) < 4.78 is 5.30. The standard InChI is InChI=1S/C13H15ClN2O4/c1-15-12(17)11-7-20-5-4-16(11)10-3-2-8(14)6-9(10)13(18)19/h2-3,6,11H,4-5,7H2,1H3,(H,15,17)(H,18,19). The Hall–Kier alpha value is -1.79. The number of anilines is 1. The van der Waals surface area contributed by atoms with E-state index < -0.39 is 12.0 Å². The Morgan fingerprint density at radius 3 is 2.90 bits per heavy atom. The average molecular weight is 299 g/mol. The molecule has 1 amide bonds. The molecule has 0 spiro atoms. The molecule has 1 aromatic rings. The highest BCUT2D eigenvalue weighted by Gasteiger charge is 2.31. The molecule has 0 saturated carbocycles. The number of rotatable bonds is 3. The lowest BCUT2D eigenvalue weighted by atomic mass is 10.1. The number of amides is 1. The largest absolute Gasteiger partial charge is 0.478 e. The number of carbonyl (C=O) groups is 2. The first-order valence-electron chi connectivity index (χ1n) is 6.13. The molecular weight excluding hydrogens is 284 g/mol. The van der Waals surface area contributed by atoms with Crippen LogP contribution >= 0.6 is 11.6 Å². The van der Waals surface area contributed by atoms with Gasteiger partial charge in [0.25, 0.3) is 0 Å². The Morgan fingerprint density at radius 1 is 1.50 bits per heavy atom. The Kier molecular flexibility index (Phi) is 4.46. The predicted molar refractivity (Wildman–Crippen MR) is 74.4 cm³/mol. The van der Waals surface area contributed by atoms with Gasteiger partial charge in [0.15, 0.2) is 0 Å². The molecule has 2 rings (SSSR count). The fraction of sp³-hybridized carbons (Fsp3) is 0.385. The van der Waals surface area contributed by atoms with Crippen molar-refractivity contribution in [3.8, 4) is 0 Å². The van der Waals surface area contributed by atoms with Crippen LogP contribution in [0, 0.1) is 0 Å². The van der Waals surface area contributed by atoms with E-state index in [-0.39, 0.29) is 18.1 Å². The zero-order chi connectivity index (χ0) is 14.7. The summed E-state index contributed by atoms with van der Waals surface area (Å²) in [5.74, 6) is -1.29. The highest BCUT2D eigenvalue weighted by atomic mass is 35.5. The predicted octanol–water partition coefficient (Wildman–Crippen LogP) is 0.989. The molecule has 6 nitrogen and oxygen atoms in total. The fourth-order valence-electron chi connectivity index (χ4n) is 2.21. The molecule has 108 valence electrons. The number of hydrogen-bond acceptors (Lipinski definition) is 4. The van der Waals surface area contributed by atoms with Crippen LogP contribution in [0.15, 0.2) is 18.2 Å². The molecule has 1 saturated heterocycles. The third kappa shape index (κ3) is 2.86. The van der Waals surface area contributed by atoms with E-state index in [1.54, 1.807) is 17.0 Å². The van der Waals surface area contributed by atoms with Gasteiger partial charge < -0.3 is 20.1 Å². The van der Waals surface area contributed by atoms with E-state index in [9.17, 15) is 14.7 Å². The van der Waals surface area contributed by atoms with Gasteiger partial charge in [-0.3, -0.25) is 4.79 Å². The molecule has 1 atom stereocenters. The van der Waals surface area contributed by atoms with Crippen molar-refractivity contribution in [1.29, 1.82) is 0 Å². The number of nitrogens with zero attached hydrogens (tertiary/aromatic N) is 1. The van der Waals surface area contributed by atoms with Crippen molar-refractivity contribution in [2.45, 2.75) is 6.04 Å². The van der Waals surface area contributed by atoms with E-state index in [1.807, 2.05) is 0 Å². The van der Waals surface area contributed by atoms with E-state index in [4.69, 9.17) is 16.3 Å². The maximum Gasteiger partial charge on any atom is 0.337 e. The van der Waals surface area contributed by atoms with Crippen molar-refractivity contribution < 1.29 is 19.4 Å². The molecule has 1 unspecified atom stereocenters. The number of carbonyl (C=O) groups excluding carboxylic acids is 1. The molecular formula is C13H15ClN2O4. The Labute approximate surface area is 121 Å². The Morgan fingerprint density at radius 2 is 2.25 bits per heavy atom. The molecule has 1 aromatic carbocycles. The Bertz CT molecular complexity index is 535. The van der Waals surface area contributed by atoms with Gasteiger partial charge in [0.05, 0.1) is 24.5 Å². The summed E-state index contributed by atoms with van der Waals surface area (Å²) in [7, 11) is 1.54. The van der Waals surface area contributed by atoms with Crippen molar-refractivity contribution in [3.05, 3.63) is 28.8 Å². The quantitative estimate of drug-likeness (QED) is 0.870. The first kappa shape index (κ1) is 14.6. The summed E-state index contributed by atoms with van der Waals surface area (Å²) in [6, 6.07) is 4.07. The van der Waals surface area contributed by atoms with Gasteiger partial charge in [-0.1, -0.05) is 11.6 Å². The van der Waals surface area contributed by atoms with Crippen LogP contribution in [0.5, 0.6) is 0 Å². The van der Waals surface area contributed by atoms with Crippen LogP contribution in [-0.2, 0) is 9.53 Å². The minimum atomic E-state index is -1.08. The minimum absolute atomic E-state index is 0.0771. The van der Waals surface area contributed by atoms with Gasteiger partial charge >= 0.3 is 5.97 Å². The number of benzene rings is 1. The summed E-state index contributed by atoms with van der Waals surface area (Å²) >= 11 is 5.84. The second kappa shape index (κ2) is 6.11. The molecule has 7 heteroatoms. The van der Waals surface area contributed by atoms with Crippen LogP contribution < -0.4 is 10.2 Å². The van der Waals surface area contributed by atoms with Crippen molar-refractivity contribution in [2.75, 3.05) is 31.7 Å². The molecule has 20 heavy (non-hydrogen) atoms. The fourth-order valence-corrected chi connectivity index (χ4v) is 2.38. The number of aromatic carboxylic acids is 1. The summed E-state index contributed by atoms with van der Waals surface area (Å²) in [4.78, 5) is 25.0. The maximum absolute atomic E-state index is 11.9. The van der Waals surface area contributed by atoms with Gasteiger partial charge in [-0.05, 0) is 18.2 Å². The number of ether oxygens (including phenoxy) is 1. The molecule has 1 aliphatic heterocycles. The van der Waals surface area contributed by atoms with Gasteiger partial charge in [0.1, 0.15) is 6.04 Å². The monoisotopic (exact) mass is 298 g/mol. The first-order valence-corrected chi connectivity index (χ1v) is 6.51. The van der Waals surface area contributed by atoms with Crippen LogP contribution in [-0.4, -0.2) is 49.8 Å². The molecule has 0 aliphatic carbocycles. The van der Waals surface area contributed by atoms with Crippen molar-refractivity contribution >= 4 is 29.2 Å². The number of nitrogens with one attached hydrogen (secondary N) is 1. The third-order valence-electron chi connectivity index (χ3n) is 3.18. The van der Waals surface area contributed by atoms with Gasteiger partial charge in [0.2, 0.25) is 5.91 Å². The first-order chi connectivity index (χ1) is 9.54. The lowest BCUT2D eigenvalue weighted by Gasteiger charge is -2.36. The lowest BCUT2D eigenvalue weighted by molar-refractivity contribution is -0.124. The third-order valence-corrected chi connectivity index (χ3v) is 3.41. The molecule has 1 heterocycles. The summed E-state index contributed by atoms with van der Waals surface area (Å²) in [6.45, 7) is 1.11. The van der Waals surface area contributed by atoms with Crippen LogP contribution in [0.4, 0.5) is 5.69 Å². The zero-order valence-electron chi connectivity index (χ0n) is 10.9. The lowest BCUT2D eigenvalue weighted by Crippen LogP contribution is -2.53. The molecule has 0 bridgehead atoms. The highest BCUT2D eigenvalue weighted by molar-refractivity contribution is 6.31. The number of hydrogen-bond donors (Lipinski definition) is 2. The SMILES string of the molecule is CNC(=O)C1COCCN1c1ccc(Cl)cc1C(=O)O. The van der Waals surface area contributed by atoms with Crippen molar-refractivity contribution in [2.24, 2.45) is 0 Å². The highest BCUT2D eigenvalue weighted by Crippen LogP contribution is 2.27. The van der Waals surface area contributed by atoms with Crippen LogP contribution in [0.2, 0.25) is 5.02 Å². The number of morpholine rings is 1. The van der Waals surface area contributed by atoms with Crippen molar-refractivity contribution in [3.63, 3.8) is 0 Å². The number of carboxylic acid groups (broad SMARTS) is 1. The average Bonchev–Trinajstić information content (AvgIpc) is 2.46. The van der Waals surface area contributed by atoms with Gasteiger partial charge in [0, 0.05) is 18.6 Å². The van der Waals surface area contributed by atoms with Gasteiger partial charge in [-0.2, -0.15) is 0 Å². The van der Waals surface area contributed by atoms with E-state index in [1.165, 1.54) is 13.1 Å². The second-order valence-electron chi connectivity index (χ2n) is 4.36. The zero-order valence-corrected chi connectivity index (χ0v) is 11.7. The van der Waals surface area contributed by atoms with Crippen LogP contribution in [0.25, 0.3) is 0 Å². The van der Waals surface area contributed by atoms with E-state index in [2.05, 4.69) is 5.32 Å². The number of likely N-dealkylation sites (N-methyl/N-ethyl adjacent to an activating group) is 1. The smallest absolute Gasteiger partial charge is 0.337 e. The van der Waals surface area contributed by atoms with Gasteiger partial charge in [-0.15, -0.1) is 0 Å². The van der Waals surface area contributed by atoms with E-state index in [0.717, 1.165) is 0 Å². The van der Waals surface area contributed by atoms with Crippen molar-refractivity contribution in [1.82, 2.24) is 5.32 Å². The molecule has 1 aliphatic rings. The number of halogens is 1. The van der Waals surface area contributed by atoms with E-state index >= 15 is 0 Å². The topological polar surface area (TPSA) is 78.9 Å².